The number of allylic oxidation sites excluding steroid dienone is 1. The molecule has 5 heteroatoms. The zero-order valence-electron chi connectivity index (χ0n) is 19.4. The molecule has 30 heavy (non-hydrogen) atoms. The average Bonchev–Trinajstić information content (AvgIpc) is 2.75. The van der Waals surface area contributed by atoms with E-state index in [9.17, 15) is 10.2 Å². The van der Waals surface area contributed by atoms with Crippen molar-refractivity contribution in [1.29, 1.82) is 0 Å². The first-order chi connectivity index (χ1) is 14.7. The van der Waals surface area contributed by atoms with Crippen LogP contribution in [0.4, 0.5) is 0 Å². The predicted octanol–water partition coefficient (Wildman–Crippen LogP) is 4.91. The highest BCUT2D eigenvalue weighted by Gasteiger charge is 2.38. The second-order valence-corrected chi connectivity index (χ2v) is 8.77. The Morgan fingerprint density at radius 2 is 1.33 bits per heavy atom. The Morgan fingerprint density at radius 3 is 1.87 bits per heavy atom. The van der Waals surface area contributed by atoms with Crippen LogP contribution in [0.5, 0.6) is 0 Å². The van der Waals surface area contributed by atoms with E-state index in [4.69, 9.17) is 14.6 Å². The van der Waals surface area contributed by atoms with Crippen LogP contribution in [0.15, 0.2) is 12.2 Å². The lowest BCUT2D eigenvalue weighted by atomic mass is 10.0. The van der Waals surface area contributed by atoms with E-state index in [2.05, 4.69) is 13.0 Å². The van der Waals surface area contributed by atoms with E-state index in [1.165, 1.54) is 89.9 Å². The molecule has 1 heterocycles. The van der Waals surface area contributed by atoms with Crippen LogP contribution in [0.3, 0.4) is 0 Å². The van der Waals surface area contributed by atoms with E-state index < -0.39 is 24.4 Å². The second kappa shape index (κ2) is 19.2. The van der Waals surface area contributed by atoms with E-state index in [-0.39, 0.29) is 13.2 Å². The van der Waals surface area contributed by atoms with E-state index >= 15 is 0 Å². The number of aliphatic hydroxyl groups is 3. The van der Waals surface area contributed by atoms with Gasteiger partial charge in [-0.3, -0.25) is 0 Å². The summed E-state index contributed by atoms with van der Waals surface area (Å²) in [5.74, 6) is 0. The monoisotopic (exact) mass is 428 g/mol. The summed E-state index contributed by atoms with van der Waals surface area (Å²) in [4.78, 5) is 0. The fourth-order valence-electron chi connectivity index (χ4n) is 4.03. The molecule has 1 saturated heterocycles. The smallest absolute Gasteiger partial charge is 0.114 e. The molecule has 178 valence electrons. The molecule has 0 saturated carbocycles. The second-order valence-electron chi connectivity index (χ2n) is 8.77. The summed E-state index contributed by atoms with van der Waals surface area (Å²) < 4.78 is 10.8. The normalized spacial score (nSPS) is 24.7. The Hall–Kier alpha value is -0.460. The molecule has 0 amide bonds. The van der Waals surface area contributed by atoms with Gasteiger partial charge in [-0.15, -0.1) is 0 Å². The van der Waals surface area contributed by atoms with Crippen molar-refractivity contribution in [2.24, 2.45) is 0 Å². The molecule has 5 nitrogen and oxygen atoms in total. The van der Waals surface area contributed by atoms with Crippen LogP contribution in [0.2, 0.25) is 0 Å². The molecule has 0 unspecified atom stereocenters. The molecular weight excluding hydrogens is 380 g/mol. The van der Waals surface area contributed by atoms with Crippen molar-refractivity contribution < 1.29 is 24.8 Å². The number of rotatable bonds is 19. The summed E-state index contributed by atoms with van der Waals surface area (Å²) in [7, 11) is 0. The van der Waals surface area contributed by atoms with Crippen molar-refractivity contribution in [3.05, 3.63) is 12.2 Å². The van der Waals surface area contributed by atoms with Gasteiger partial charge in [0, 0.05) is 0 Å². The molecule has 1 aliphatic rings. The maximum absolute atomic E-state index is 10.0. The summed E-state index contributed by atoms with van der Waals surface area (Å²) >= 11 is 0. The summed E-state index contributed by atoms with van der Waals surface area (Å²) in [5, 5.41) is 29.1. The highest BCUT2D eigenvalue weighted by atomic mass is 16.6. The first-order valence-electron chi connectivity index (χ1n) is 12.6. The van der Waals surface area contributed by atoms with Gasteiger partial charge in [-0.2, -0.15) is 0 Å². The third-order valence-corrected chi connectivity index (χ3v) is 6.03. The molecule has 3 N–H and O–H groups in total. The third kappa shape index (κ3) is 13.1. The fraction of sp³-hybridized carbons (Fsp3) is 0.920. The minimum atomic E-state index is -1.00. The number of unbranched alkanes of at least 4 members (excludes halogenated alkanes) is 14. The van der Waals surface area contributed by atoms with Gasteiger partial charge >= 0.3 is 0 Å². The SMILES string of the molecule is CCCCCCCCCCCCCCCC/C=C/CO[C@@H]1[C@@H](O)[C@H](CO)OC[C@H]1O. The lowest BCUT2D eigenvalue weighted by Gasteiger charge is -2.36. The molecule has 1 rings (SSSR count). The maximum Gasteiger partial charge on any atom is 0.114 e. The molecule has 4 atom stereocenters. The summed E-state index contributed by atoms with van der Waals surface area (Å²) in [6.45, 7) is 2.43. The lowest BCUT2D eigenvalue weighted by Crippen LogP contribution is -2.55. The minimum Gasteiger partial charge on any atom is -0.394 e. The molecule has 0 aromatic heterocycles. The first-order valence-corrected chi connectivity index (χ1v) is 12.6. The number of aliphatic hydroxyl groups excluding tert-OH is 3. The minimum absolute atomic E-state index is 0.0791. The topological polar surface area (TPSA) is 79.2 Å². The summed E-state index contributed by atoms with van der Waals surface area (Å²) in [6.07, 6.45) is 21.1. The number of ether oxygens (including phenoxy) is 2. The highest BCUT2D eigenvalue weighted by molar-refractivity contribution is 4.89. The van der Waals surface area contributed by atoms with Crippen molar-refractivity contribution in [3.8, 4) is 0 Å². The van der Waals surface area contributed by atoms with E-state index in [1.807, 2.05) is 6.08 Å². The molecule has 1 aliphatic heterocycles. The van der Waals surface area contributed by atoms with Gasteiger partial charge in [0.1, 0.15) is 24.4 Å². The van der Waals surface area contributed by atoms with Crippen LogP contribution in [-0.4, -0.2) is 59.6 Å². The van der Waals surface area contributed by atoms with E-state index in [0.717, 1.165) is 6.42 Å². The quantitative estimate of drug-likeness (QED) is 0.201. The standard InChI is InChI=1S/C25H48O5/c1-2-3-4-5-6-7-8-9-10-11-12-13-14-15-16-17-18-19-29-25-22(27)21-30-23(20-26)24(25)28/h17-18,22-28H,2-16,19-21H2,1H3/b18-17+/t22-,23+,24+,25+/m1/s1. The number of hydrogen-bond acceptors (Lipinski definition) is 5. The van der Waals surface area contributed by atoms with Crippen molar-refractivity contribution in [1.82, 2.24) is 0 Å². The van der Waals surface area contributed by atoms with Crippen LogP contribution >= 0.6 is 0 Å². The van der Waals surface area contributed by atoms with Gasteiger partial charge in [0.2, 0.25) is 0 Å². The van der Waals surface area contributed by atoms with Gasteiger partial charge in [0.25, 0.3) is 0 Å². The van der Waals surface area contributed by atoms with Crippen LogP contribution in [0.1, 0.15) is 103 Å². The largest absolute Gasteiger partial charge is 0.394 e. The van der Waals surface area contributed by atoms with Crippen LogP contribution in [0.25, 0.3) is 0 Å². The van der Waals surface area contributed by atoms with Gasteiger partial charge < -0.3 is 24.8 Å². The Balaban J connectivity index is 1.86. The molecule has 0 spiro atoms. The van der Waals surface area contributed by atoms with Crippen molar-refractivity contribution in [2.75, 3.05) is 19.8 Å². The van der Waals surface area contributed by atoms with Crippen LogP contribution in [0, 0.1) is 0 Å². The van der Waals surface area contributed by atoms with Crippen molar-refractivity contribution >= 4 is 0 Å². The van der Waals surface area contributed by atoms with Gasteiger partial charge in [-0.1, -0.05) is 103 Å². The Bertz CT molecular complexity index is 401. The Morgan fingerprint density at radius 1 is 0.800 bits per heavy atom. The molecule has 0 radical (unpaired) electrons. The van der Waals surface area contributed by atoms with E-state index in [1.54, 1.807) is 0 Å². The predicted molar refractivity (Wildman–Crippen MR) is 123 cm³/mol. The molecular formula is C25H48O5. The average molecular weight is 429 g/mol. The van der Waals surface area contributed by atoms with Crippen LogP contribution < -0.4 is 0 Å². The molecule has 0 aromatic rings. The van der Waals surface area contributed by atoms with Gasteiger partial charge in [0.15, 0.2) is 0 Å². The maximum atomic E-state index is 10.0. The zero-order valence-corrected chi connectivity index (χ0v) is 19.4. The fourth-order valence-corrected chi connectivity index (χ4v) is 4.03. The molecule has 0 bridgehead atoms. The van der Waals surface area contributed by atoms with Gasteiger partial charge in [-0.25, -0.2) is 0 Å². The van der Waals surface area contributed by atoms with Gasteiger partial charge in [-0.05, 0) is 12.8 Å². The number of hydrogen-bond donors (Lipinski definition) is 3. The zero-order chi connectivity index (χ0) is 21.9. The van der Waals surface area contributed by atoms with Gasteiger partial charge in [0.05, 0.1) is 19.8 Å². The summed E-state index contributed by atoms with van der Waals surface area (Å²) in [5.41, 5.74) is 0. The Labute approximate surface area is 184 Å². The van der Waals surface area contributed by atoms with Crippen LogP contribution in [-0.2, 0) is 9.47 Å². The molecule has 0 aliphatic carbocycles. The third-order valence-electron chi connectivity index (χ3n) is 6.03. The lowest BCUT2D eigenvalue weighted by molar-refractivity contribution is -0.207. The summed E-state index contributed by atoms with van der Waals surface area (Å²) in [6, 6.07) is 0. The first kappa shape index (κ1) is 27.6. The van der Waals surface area contributed by atoms with Crippen molar-refractivity contribution in [3.63, 3.8) is 0 Å². The molecule has 0 aromatic carbocycles. The molecule has 1 fully saturated rings. The highest BCUT2D eigenvalue weighted by Crippen LogP contribution is 2.18. The van der Waals surface area contributed by atoms with Crippen molar-refractivity contribution in [2.45, 2.75) is 128 Å². The Kier molecular flexibility index (Phi) is 17.7. The van der Waals surface area contributed by atoms with E-state index in [0.29, 0.717) is 6.61 Å².